The van der Waals surface area contributed by atoms with Gasteiger partial charge in [-0.25, -0.2) is 4.79 Å². The number of carboxylic acids is 1. The third-order valence-corrected chi connectivity index (χ3v) is 2.99. The van der Waals surface area contributed by atoms with Crippen molar-refractivity contribution in [1.29, 1.82) is 0 Å². The van der Waals surface area contributed by atoms with Gasteiger partial charge >= 0.3 is 5.97 Å². The van der Waals surface area contributed by atoms with Crippen molar-refractivity contribution in [2.45, 2.75) is 32.1 Å². The summed E-state index contributed by atoms with van der Waals surface area (Å²) >= 11 is 0. The molecule has 5 nitrogen and oxygen atoms in total. The highest BCUT2D eigenvalue weighted by molar-refractivity contribution is 5.85. The molecule has 0 radical (unpaired) electrons. The highest BCUT2D eigenvalue weighted by atomic mass is 16.4. The second kappa shape index (κ2) is 5.01. The number of carbonyl (C=O) groups is 1. The summed E-state index contributed by atoms with van der Waals surface area (Å²) in [6.45, 7) is 0.819. The lowest BCUT2D eigenvalue weighted by Crippen LogP contribution is -2.17. The number of aromatic carboxylic acids is 1. The first-order chi connectivity index (χ1) is 7.75. The van der Waals surface area contributed by atoms with E-state index in [1.165, 1.54) is 32.1 Å². The van der Waals surface area contributed by atoms with Gasteiger partial charge < -0.3 is 14.8 Å². The SMILES string of the molecule is O=C(O)c1coc(NCC2CCCCC2)n1. The normalized spacial score (nSPS) is 17.2. The number of oxazole rings is 1. The van der Waals surface area contributed by atoms with Gasteiger partial charge in [-0.2, -0.15) is 4.98 Å². The van der Waals surface area contributed by atoms with Crippen LogP contribution < -0.4 is 5.32 Å². The molecule has 1 aromatic rings. The number of hydrogen-bond acceptors (Lipinski definition) is 4. The number of carboxylic acid groups (broad SMARTS) is 1. The van der Waals surface area contributed by atoms with E-state index in [1.807, 2.05) is 0 Å². The van der Waals surface area contributed by atoms with Crippen LogP contribution in [0.3, 0.4) is 0 Å². The Balaban J connectivity index is 1.81. The molecular weight excluding hydrogens is 208 g/mol. The lowest BCUT2D eigenvalue weighted by atomic mass is 9.89. The summed E-state index contributed by atoms with van der Waals surface area (Å²) in [6, 6.07) is 0.308. The summed E-state index contributed by atoms with van der Waals surface area (Å²) in [6.07, 6.45) is 7.54. The summed E-state index contributed by atoms with van der Waals surface area (Å²) < 4.78 is 5.01. The summed E-state index contributed by atoms with van der Waals surface area (Å²) in [5.74, 6) is -0.400. The van der Waals surface area contributed by atoms with E-state index in [0.717, 1.165) is 12.8 Å². The minimum Gasteiger partial charge on any atom is -0.476 e. The zero-order chi connectivity index (χ0) is 11.4. The summed E-state index contributed by atoms with van der Waals surface area (Å²) in [5, 5.41) is 11.7. The molecule has 5 heteroatoms. The number of hydrogen-bond donors (Lipinski definition) is 2. The fraction of sp³-hybridized carbons (Fsp3) is 0.636. The van der Waals surface area contributed by atoms with Crippen molar-refractivity contribution in [3.05, 3.63) is 12.0 Å². The van der Waals surface area contributed by atoms with Crippen molar-refractivity contribution in [3.63, 3.8) is 0 Å². The van der Waals surface area contributed by atoms with Crippen LogP contribution in [0.15, 0.2) is 10.7 Å². The molecular formula is C11H16N2O3. The Kier molecular flexibility index (Phi) is 3.44. The summed E-state index contributed by atoms with van der Waals surface area (Å²) in [7, 11) is 0. The molecule has 1 aliphatic carbocycles. The van der Waals surface area contributed by atoms with Crippen molar-refractivity contribution in [3.8, 4) is 0 Å². The van der Waals surface area contributed by atoms with Gasteiger partial charge in [0.25, 0.3) is 6.01 Å². The van der Waals surface area contributed by atoms with Crippen molar-refractivity contribution in [1.82, 2.24) is 4.98 Å². The van der Waals surface area contributed by atoms with Crippen LogP contribution in [-0.2, 0) is 0 Å². The topological polar surface area (TPSA) is 75.4 Å². The van der Waals surface area contributed by atoms with Gasteiger partial charge in [0.15, 0.2) is 5.69 Å². The number of aromatic nitrogens is 1. The average molecular weight is 224 g/mol. The molecule has 2 rings (SSSR count). The van der Waals surface area contributed by atoms with Crippen molar-refractivity contribution in [2.75, 3.05) is 11.9 Å². The lowest BCUT2D eigenvalue weighted by Gasteiger charge is -2.21. The van der Waals surface area contributed by atoms with Gasteiger partial charge in [-0.05, 0) is 18.8 Å². The Morgan fingerprint density at radius 3 is 2.88 bits per heavy atom. The largest absolute Gasteiger partial charge is 0.476 e. The Morgan fingerprint density at radius 1 is 1.50 bits per heavy atom. The molecule has 1 aliphatic rings. The van der Waals surface area contributed by atoms with Gasteiger partial charge in [0.1, 0.15) is 6.26 Å². The Hall–Kier alpha value is -1.52. The van der Waals surface area contributed by atoms with Crippen LogP contribution in [-0.4, -0.2) is 22.6 Å². The van der Waals surface area contributed by atoms with E-state index >= 15 is 0 Å². The van der Waals surface area contributed by atoms with Crippen LogP contribution >= 0.6 is 0 Å². The number of nitrogens with zero attached hydrogens (tertiary/aromatic N) is 1. The van der Waals surface area contributed by atoms with Gasteiger partial charge in [0, 0.05) is 6.54 Å². The first-order valence-electron chi connectivity index (χ1n) is 5.68. The van der Waals surface area contributed by atoms with Crippen molar-refractivity contribution in [2.24, 2.45) is 5.92 Å². The maximum absolute atomic E-state index is 10.6. The Morgan fingerprint density at radius 2 is 2.25 bits per heavy atom. The molecule has 1 heterocycles. The summed E-state index contributed by atoms with van der Waals surface area (Å²) in [4.78, 5) is 14.4. The monoisotopic (exact) mass is 224 g/mol. The predicted octanol–water partition coefficient (Wildman–Crippen LogP) is 2.37. The Bertz CT molecular complexity index is 356. The third kappa shape index (κ3) is 2.74. The van der Waals surface area contributed by atoms with E-state index in [0.29, 0.717) is 11.9 Å². The van der Waals surface area contributed by atoms with Crippen LogP contribution in [0.1, 0.15) is 42.6 Å². The average Bonchev–Trinajstić information content (AvgIpc) is 2.76. The fourth-order valence-electron chi connectivity index (χ4n) is 2.08. The van der Waals surface area contributed by atoms with Crippen LogP contribution in [0.4, 0.5) is 6.01 Å². The minimum atomic E-state index is -1.06. The molecule has 16 heavy (non-hydrogen) atoms. The van der Waals surface area contributed by atoms with E-state index in [9.17, 15) is 4.79 Å². The molecule has 1 saturated carbocycles. The van der Waals surface area contributed by atoms with Crippen LogP contribution in [0.5, 0.6) is 0 Å². The van der Waals surface area contributed by atoms with E-state index in [-0.39, 0.29) is 5.69 Å². The molecule has 0 aromatic carbocycles. The van der Waals surface area contributed by atoms with Crippen LogP contribution in [0, 0.1) is 5.92 Å². The molecule has 1 aromatic heterocycles. The van der Waals surface area contributed by atoms with Gasteiger partial charge in [-0.15, -0.1) is 0 Å². The lowest BCUT2D eigenvalue weighted by molar-refractivity contribution is 0.0690. The van der Waals surface area contributed by atoms with Gasteiger partial charge in [0.05, 0.1) is 0 Å². The highest BCUT2D eigenvalue weighted by Crippen LogP contribution is 2.23. The molecule has 0 aliphatic heterocycles. The molecule has 88 valence electrons. The number of rotatable bonds is 4. The van der Waals surface area contributed by atoms with E-state index in [2.05, 4.69) is 10.3 Å². The molecule has 0 spiro atoms. The van der Waals surface area contributed by atoms with Crippen LogP contribution in [0.25, 0.3) is 0 Å². The predicted molar refractivity (Wildman–Crippen MR) is 58.5 cm³/mol. The van der Waals surface area contributed by atoms with Crippen molar-refractivity contribution >= 4 is 12.0 Å². The standard InChI is InChI=1S/C11H16N2O3/c14-10(15)9-7-16-11(13-9)12-6-8-4-2-1-3-5-8/h7-8H,1-6H2,(H,12,13)(H,14,15). The third-order valence-electron chi connectivity index (χ3n) is 2.99. The molecule has 0 atom stereocenters. The number of nitrogens with one attached hydrogen (secondary N) is 1. The second-order valence-electron chi connectivity index (χ2n) is 4.23. The molecule has 0 amide bonds. The van der Waals surface area contributed by atoms with Gasteiger partial charge in [0.2, 0.25) is 0 Å². The first-order valence-corrected chi connectivity index (χ1v) is 5.68. The first kappa shape index (κ1) is 11.0. The fourth-order valence-corrected chi connectivity index (χ4v) is 2.08. The second-order valence-corrected chi connectivity index (χ2v) is 4.23. The van der Waals surface area contributed by atoms with Crippen LogP contribution in [0.2, 0.25) is 0 Å². The molecule has 1 fully saturated rings. The Labute approximate surface area is 93.9 Å². The minimum absolute atomic E-state index is 0.0499. The zero-order valence-corrected chi connectivity index (χ0v) is 9.11. The quantitative estimate of drug-likeness (QED) is 0.821. The van der Waals surface area contributed by atoms with Gasteiger partial charge in [-0.1, -0.05) is 19.3 Å². The molecule has 0 bridgehead atoms. The van der Waals surface area contributed by atoms with E-state index in [1.54, 1.807) is 0 Å². The molecule has 2 N–H and O–H groups in total. The zero-order valence-electron chi connectivity index (χ0n) is 9.11. The maximum atomic E-state index is 10.6. The van der Waals surface area contributed by atoms with Gasteiger partial charge in [-0.3, -0.25) is 0 Å². The van der Waals surface area contributed by atoms with E-state index < -0.39 is 5.97 Å². The highest BCUT2D eigenvalue weighted by Gasteiger charge is 2.15. The number of anilines is 1. The molecule has 0 unspecified atom stereocenters. The maximum Gasteiger partial charge on any atom is 0.357 e. The smallest absolute Gasteiger partial charge is 0.357 e. The van der Waals surface area contributed by atoms with Crippen molar-refractivity contribution < 1.29 is 14.3 Å². The molecule has 0 saturated heterocycles. The summed E-state index contributed by atoms with van der Waals surface area (Å²) in [5.41, 5.74) is -0.0499. The van der Waals surface area contributed by atoms with E-state index in [4.69, 9.17) is 9.52 Å².